The molecule has 200 valence electrons. The van der Waals surface area contributed by atoms with Crippen molar-refractivity contribution in [2.45, 2.75) is 109 Å². The van der Waals surface area contributed by atoms with Gasteiger partial charge in [0.25, 0.3) is 0 Å². The van der Waals surface area contributed by atoms with E-state index in [4.69, 9.17) is 9.90 Å². The van der Waals surface area contributed by atoms with Crippen LogP contribution in [0.4, 0.5) is 13.2 Å². The average Bonchev–Trinajstić information content (AvgIpc) is 3.16. The van der Waals surface area contributed by atoms with Gasteiger partial charge in [0.2, 0.25) is 5.91 Å². The number of likely N-dealkylation sites (tertiary alicyclic amines) is 1. The van der Waals surface area contributed by atoms with E-state index in [9.17, 15) is 18.0 Å². The molecule has 1 aromatic rings. The van der Waals surface area contributed by atoms with Crippen molar-refractivity contribution in [3.8, 4) is 0 Å². The number of hydrogen-bond acceptors (Lipinski definition) is 5. The summed E-state index contributed by atoms with van der Waals surface area (Å²) in [6, 6.07) is 0.351. The van der Waals surface area contributed by atoms with E-state index in [1.165, 1.54) is 0 Å². The highest BCUT2D eigenvalue weighted by Crippen LogP contribution is 2.35. The lowest BCUT2D eigenvalue weighted by Gasteiger charge is -2.46. The number of aromatic nitrogens is 3. The molecule has 0 unspecified atom stereocenters. The van der Waals surface area contributed by atoms with E-state index < -0.39 is 12.1 Å². The highest BCUT2D eigenvalue weighted by molar-refractivity contribution is 5.76. The largest absolute Gasteiger partial charge is 0.490 e. The lowest BCUT2D eigenvalue weighted by molar-refractivity contribution is -0.192. The van der Waals surface area contributed by atoms with Crippen LogP contribution >= 0.6 is 0 Å². The molecule has 11 heteroatoms. The maximum atomic E-state index is 12.9. The van der Waals surface area contributed by atoms with Crippen LogP contribution in [0.2, 0.25) is 0 Å². The molecule has 1 amide bonds. The minimum absolute atomic E-state index is 0.0192. The summed E-state index contributed by atoms with van der Waals surface area (Å²) < 4.78 is 33.8. The molecule has 2 fully saturated rings. The zero-order chi connectivity index (χ0) is 26.8. The number of rotatable bonds is 3. The molecule has 2 aliphatic rings. The standard InChI is InChI=1S/C22H39N5O.C2HF3O2/c1-20(2,3)18-15-27(25-23-18)17-8-10-26(11-9-17)19(28)12-16-13-21(4,5)24-22(6,7)14-16;3-2(4,5)1(6)7/h15-17,24H,8-14H2,1-7H3;(H,6,7). The third kappa shape index (κ3) is 8.77. The topological polar surface area (TPSA) is 100 Å². The second-order valence-electron chi connectivity index (χ2n) is 12.1. The Balaban J connectivity index is 0.000000540. The first kappa shape index (κ1) is 29.1. The lowest BCUT2D eigenvalue weighted by atomic mass is 9.74. The Kier molecular flexibility index (Phi) is 8.67. The summed E-state index contributed by atoms with van der Waals surface area (Å²) in [6.45, 7) is 17.1. The Labute approximate surface area is 205 Å². The Morgan fingerprint density at radius 2 is 1.57 bits per heavy atom. The fourth-order valence-electron chi connectivity index (χ4n) is 5.23. The summed E-state index contributed by atoms with van der Waals surface area (Å²) in [4.78, 5) is 23.9. The van der Waals surface area contributed by atoms with Crippen LogP contribution in [0, 0.1) is 5.92 Å². The molecule has 3 rings (SSSR count). The molecular weight excluding hydrogens is 463 g/mol. The van der Waals surface area contributed by atoms with Crippen molar-refractivity contribution in [2.75, 3.05) is 13.1 Å². The van der Waals surface area contributed by atoms with Crippen LogP contribution in [0.25, 0.3) is 0 Å². The first-order chi connectivity index (χ1) is 15.8. The van der Waals surface area contributed by atoms with Gasteiger partial charge >= 0.3 is 12.1 Å². The van der Waals surface area contributed by atoms with Gasteiger partial charge in [-0.1, -0.05) is 26.0 Å². The minimum Gasteiger partial charge on any atom is -0.475 e. The van der Waals surface area contributed by atoms with Crippen molar-refractivity contribution in [3.05, 3.63) is 11.9 Å². The fraction of sp³-hybridized carbons (Fsp3) is 0.833. The van der Waals surface area contributed by atoms with Crippen LogP contribution < -0.4 is 5.32 Å². The molecule has 0 atom stereocenters. The lowest BCUT2D eigenvalue weighted by Crippen LogP contribution is -2.58. The molecule has 0 aromatic carbocycles. The number of amides is 1. The molecule has 8 nitrogen and oxygen atoms in total. The Hall–Kier alpha value is -2.17. The van der Waals surface area contributed by atoms with E-state index in [0.29, 0.717) is 24.3 Å². The Morgan fingerprint density at radius 1 is 1.09 bits per heavy atom. The van der Waals surface area contributed by atoms with Gasteiger partial charge in [-0.05, 0) is 59.3 Å². The quantitative estimate of drug-likeness (QED) is 0.637. The monoisotopic (exact) mass is 503 g/mol. The molecule has 0 aliphatic carbocycles. The van der Waals surface area contributed by atoms with Gasteiger partial charge in [0.05, 0.1) is 11.7 Å². The maximum Gasteiger partial charge on any atom is 0.490 e. The number of hydrogen-bond donors (Lipinski definition) is 2. The van der Waals surface area contributed by atoms with E-state index in [1.54, 1.807) is 0 Å². The molecule has 0 bridgehead atoms. The number of piperidine rings is 2. The molecule has 3 heterocycles. The summed E-state index contributed by atoms with van der Waals surface area (Å²) in [5, 5.41) is 19.5. The average molecular weight is 504 g/mol. The molecule has 0 radical (unpaired) electrons. The second-order valence-corrected chi connectivity index (χ2v) is 12.1. The van der Waals surface area contributed by atoms with Crippen molar-refractivity contribution in [1.29, 1.82) is 0 Å². The normalized spacial score (nSPS) is 21.3. The van der Waals surface area contributed by atoms with E-state index >= 15 is 0 Å². The van der Waals surface area contributed by atoms with Crippen LogP contribution in [0.3, 0.4) is 0 Å². The predicted octanol–water partition coefficient (Wildman–Crippen LogP) is 4.32. The molecule has 2 N–H and O–H groups in total. The van der Waals surface area contributed by atoms with Gasteiger partial charge in [0.15, 0.2) is 0 Å². The van der Waals surface area contributed by atoms with Gasteiger partial charge in [-0.2, -0.15) is 13.2 Å². The van der Waals surface area contributed by atoms with E-state index in [2.05, 4.69) is 75.2 Å². The molecule has 0 saturated carbocycles. The number of carbonyl (C=O) groups excluding carboxylic acids is 1. The van der Waals surface area contributed by atoms with E-state index in [0.717, 1.165) is 44.5 Å². The number of nitrogens with one attached hydrogen (secondary N) is 1. The summed E-state index contributed by atoms with van der Waals surface area (Å²) in [7, 11) is 0. The number of nitrogens with zero attached hydrogens (tertiary/aromatic N) is 4. The molecule has 2 aliphatic heterocycles. The van der Waals surface area contributed by atoms with Gasteiger partial charge in [0.1, 0.15) is 0 Å². The van der Waals surface area contributed by atoms with Crippen molar-refractivity contribution < 1.29 is 27.9 Å². The molecule has 2 saturated heterocycles. The molecular formula is C24H40F3N5O3. The van der Waals surface area contributed by atoms with Crippen molar-refractivity contribution >= 4 is 11.9 Å². The third-order valence-corrected chi connectivity index (χ3v) is 6.45. The smallest absolute Gasteiger partial charge is 0.475 e. The fourth-order valence-corrected chi connectivity index (χ4v) is 5.23. The third-order valence-electron chi connectivity index (χ3n) is 6.45. The number of alkyl halides is 3. The van der Waals surface area contributed by atoms with Gasteiger partial charge in [-0.25, -0.2) is 9.48 Å². The first-order valence-electron chi connectivity index (χ1n) is 12.1. The second kappa shape index (κ2) is 10.4. The highest BCUT2D eigenvalue weighted by atomic mass is 19.4. The summed E-state index contributed by atoms with van der Waals surface area (Å²) >= 11 is 0. The van der Waals surface area contributed by atoms with E-state index in [1.807, 2.05) is 4.68 Å². The van der Waals surface area contributed by atoms with Crippen molar-refractivity contribution in [1.82, 2.24) is 25.2 Å². The zero-order valence-electron chi connectivity index (χ0n) is 21.9. The van der Waals surface area contributed by atoms with Gasteiger partial charge in [0, 0.05) is 42.2 Å². The summed E-state index contributed by atoms with van der Waals surface area (Å²) in [5.41, 5.74) is 1.24. The SMILES string of the molecule is CC1(C)CC(CC(=O)N2CCC(n3cc(C(C)(C)C)nn3)CC2)CC(C)(C)N1.O=C(O)C(F)(F)F. The zero-order valence-corrected chi connectivity index (χ0v) is 21.9. The maximum absolute atomic E-state index is 12.9. The van der Waals surface area contributed by atoms with Crippen LogP contribution in [0.1, 0.15) is 92.3 Å². The van der Waals surface area contributed by atoms with Crippen LogP contribution in [-0.2, 0) is 15.0 Å². The first-order valence-corrected chi connectivity index (χ1v) is 12.1. The van der Waals surface area contributed by atoms with Crippen LogP contribution in [-0.4, -0.2) is 67.2 Å². The molecule has 35 heavy (non-hydrogen) atoms. The van der Waals surface area contributed by atoms with Gasteiger partial charge < -0.3 is 15.3 Å². The van der Waals surface area contributed by atoms with Gasteiger partial charge in [-0.3, -0.25) is 4.79 Å². The van der Waals surface area contributed by atoms with Crippen molar-refractivity contribution in [2.24, 2.45) is 5.92 Å². The summed E-state index contributed by atoms with van der Waals surface area (Å²) in [6.07, 6.45) is 1.72. The Bertz CT molecular complexity index is 866. The van der Waals surface area contributed by atoms with Crippen LogP contribution in [0.15, 0.2) is 6.20 Å². The predicted molar refractivity (Wildman–Crippen MR) is 126 cm³/mol. The molecule has 1 aromatic heterocycles. The van der Waals surface area contributed by atoms with Gasteiger partial charge in [-0.15, -0.1) is 5.10 Å². The molecule has 0 spiro atoms. The number of carbonyl (C=O) groups is 2. The van der Waals surface area contributed by atoms with Crippen LogP contribution in [0.5, 0.6) is 0 Å². The summed E-state index contributed by atoms with van der Waals surface area (Å²) in [5.74, 6) is -1.97. The number of halogens is 3. The number of aliphatic carboxylic acids is 1. The van der Waals surface area contributed by atoms with Crippen molar-refractivity contribution in [3.63, 3.8) is 0 Å². The van der Waals surface area contributed by atoms with E-state index in [-0.39, 0.29) is 16.5 Å². The number of carboxylic acids is 1. The minimum atomic E-state index is -5.08. The highest BCUT2D eigenvalue weighted by Gasteiger charge is 2.39. The number of carboxylic acid groups (broad SMARTS) is 1. The Morgan fingerprint density at radius 3 is 1.97 bits per heavy atom.